The van der Waals surface area contributed by atoms with Gasteiger partial charge in [-0.25, -0.2) is 13.4 Å². The van der Waals surface area contributed by atoms with E-state index in [1.807, 2.05) is 11.5 Å². The Labute approximate surface area is 186 Å². The second-order valence-corrected chi connectivity index (χ2v) is 10.4. The Bertz CT molecular complexity index is 1050. The SMILES string of the molecule is CCCn1c(CN2CCCC(C(F)(F)F)C2)nc2cc(S(=O)(=O)N3CCOCC3)ccc21. The lowest BCUT2D eigenvalue weighted by atomic mass is 9.97. The zero-order valence-electron chi connectivity index (χ0n) is 18.1. The normalized spacial score (nSPS) is 21.9. The van der Waals surface area contributed by atoms with Gasteiger partial charge in [0.25, 0.3) is 0 Å². The van der Waals surface area contributed by atoms with Crippen LogP contribution in [0.15, 0.2) is 23.1 Å². The summed E-state index contributed by atoms with van der Waals surface area (Å²) in [5.74, 6) is -0.642. The molecule has 1 atom stereocenters. The van der Waals surface area contributed by atoms with E-state index in [0.29, 0.717) is 63.7 Å². The van der Waals surface area contributed by atoms with Crippen LogP contribution in [0, 0.1) is 5.92 Å². The second kappa shape index (κ2) is 9.28. The summed E-state index contributed by atoms with van der Waals surface area (Å²) >= 11 is 0. The lowest BCUT2D eigenvalue weighted by Crippen LogP contribution is -2.41. The number of aromatic nitrogens is 2. The van der Waals surface area contributed by atoms with Crippen molar-refractivity contribution >= 4 is 21.1 Å². The van der Waals surface area contributed by atoms with Crippen LogP contribution in [0.3, 0.4) is 0 Å². The molecule has 0 bridgehead atoms. The summed E-state index contributed by atoms with van der Waals surface area (Å²) < 4.78 is 74.3. The van der Waals surface area contributed by atoms with Crippen LogP contribution < -0.4 is 0 Å². The largest absolute Gasteiger partial charge is 0.393 e. The van der Waals surface area contributed by atoms with Crippen molar-refractivity contribution in [2.45, 2.75) is 50.3 Å². The third-order valence-electron chi connectivity index (χ3n) is 6.19. The van der Waals surface area contributed by atoms with Crippen LogP contribution in [0.2, 0.25) is 0 Å². The molecule has 2 aliphatic rings. The molecule has 0 amide bonds. The van der Waals surface area contributed by atoms with Crippen molar-refractivity contribution in [2.75, 3.05) is 39.4 Å². The number of sulfonamides is 1. The first-order valence-electron chi connectivity index (χ1n) is 11.1. The van der Waals surface area contributed by atoms with Crippen molar-refractivity contribution in [3.8, 4) is 0 Å². The lowest BCUT2D eigenvalue weighted by Gasteiger charge is -2.33. The molecule has 0 aliphatic carbocycles. The molecule has 2 fully saturated rings. The molecule has 1 aromatic heterocycles. The van der Waals surface area contributed by atoms with Gasteiger partial charge in [-0.05, 0) is 44.0 Å². The van der Waals surface area contributed by atoms with Gasteiger partial charge in [-0.15, -0.1) is 0 Å². The van der Waals surface area contributed by atoms with E-state index >= 15 is 0 Å². The first kappa shape index (κ1) is 23.5. The number of piperidine rings is 1. The minimum Gasteiger partial charge on any atom is -0.379 e. The molecule has 0 saturated carbocycles. The minimum atomic E-state index is -4.19. The fraction of sp³-hybridized carbons (Fsp3) is 0.667. The fourth-order valence-corrected chi connectivity index (χ4v) is 5.94. The molecule has 11 heteroatoms. The molecule has 2 aliphatic heterocycles. The van der Waals surface area contributed by atoms with Gasteiger partial charge in [0.05, 0.1) is 41.6 Å². The summed E-state index contributed by atoms with van der Waals surface area (Å²) in [6.45, 7) is 4.92. The third kappa shape index (κ3) is 4.80. The average molecular weight is 475 g/mol. The maximum atomic E-state index is 13.2. The molecule has 7 nitrogen and oxygen atoms in total. The number of nitrogens with zero attached hydrogens (tertiary/aromatic N) is 4. The third-order valence-corrected chi connectivity index (χ3v) is 8.08. The van der Waals surface area contributed by atoms with Crippen LogP contribution in [0.4, 0.5) is 13.2 Å². The highest BCUT2D eigenvalue weighted by atomic mass is 32.2. The van der Waals surface area contributed by atoms with Gasteiger partial charge in [0.15, 0.2) is 0 Å². The number of hydrogen-bond donors (Lipinski definition) is 0. The molecule has 3 heterocycles. The number of benzene rings is 1. The van der Waals surface area contributed by atoms with Crippen LogP contribution in [-0.4, -0.2) is 72.7 Å². The number of likely N-dealkylation sites (tertiary alicyclic amines) is 1. The van der Waals surface area contributed by atoms with Gasteiger partial charge in [0, 0.05) is 26.2 Å². The minimum absolute atomic E-state index is 0.0323. The Hall–Kier alpha value is -1.69. The molecule has 1 unspecified atom stereocenters. The number of morpholine rings is 1. The second-order valence-electron chi connectivity index (χ2n) is 8.46. The van der Waals surface area contributed by atoms with E-state index in [-0.39, 0.29) is 17.9 Å². The summed E-state index contributed by atoms with van der Waals surface area (Å²) in [5, 5.41) is 0. The Morgan fingerprint density at radius 2 is 1.94 bits per heavy atom. The predicted octanol–water partition coefficient (Wildman–Crippen LogP) is 3.24. The maximum absolute atomic E-state index is 13.2. The van der Waals surface area contributed by atoms with Crippen molar-refractivity contribution in [3.05, 3.63) is 24.0 Å². The summed E-state index contributed by atoms with van der Waals surface area (Å²) in [5.41, 5.74) is 1.35. The van der Waals surface area contributed by atoms with E-state index < -0.39 is 22.1 Å². The fourth-order valence-electron chi connectivity index (χ4n) is 4.52. The van der Waals surface area contributed by atoms with Gasteiger partial charge in [0.2, 0.25) is 10.0 Å². The van der Waals surface area contributed by atoms with Crippen molar-refractivity contribution in [1.29, 1.82) is 0 Å². The molecule has 2 aromatic rings. The first-order chi connectivity index (χ1) is 15.2. The van der Waals surface area contributed by atoms with Crippen LogP contribution in [0.25, 0.3) is 11.0 Å². The van der Waals surface area contributed by atoms with E-state index in [1.165, 1.54) is 4.31 Å². The lowest BCUT2D eigenvalue weighted by molar-refractivity contribution is -0.187. The van der Waals surface area contributed by atoms with E-state index in [9.17, 15) is 21.6 Å². The number of imidazole rings is 1. The molecule has 0 N–H and O–H groups in total. The Morgan fingerprint density at radius 3 is 2.62 bits per heavy atom. The molecule has 178 valence electrons. The van der Waals surface area contributed by atoms with Gasteiger partial charge in [0.1, 0.15) is 5.82 Å². The highest BCUT2D eigenvalue weighted by Gasteiger charge is 2.41. The number of hydrogen-bond acceptors (Lipinski definition) is 5. The number of alkyl halides is 3. The van der Waals surface area contributed by atoms with E-state index in [0.717, 1.165) is 11.9 Å². The Kier molecular flexibility index (Phi) is 6.81. The summed E-state index contributed by atoms with van der Waals surface area (Å²) in [4.78, 5) is 6.65. The molecule has 1 aromatic carbocycles. The zero-order valence-corrected chi connectivity index (χ0v) is 19.0. The van der Waals surface area contributed by atoms with Crippen LogP contribution in [-0.2, 0) is 27.8 Å². The van der Waals surface area contributed by atoms with Gasteiger partial charge in [-0.2, -0.15) is 17.5 Å². The number of ether oxygens (including phenoxy) is 1. The monoisotopic (exact) mass is 474 g/mol. The number of halogens is 3. The van der Waals surface area contributed by atoms with Gasteiger partial charge in [-0.3, -0.25) is 4.90 Å². The highest BCUT2D eigenvalue weighted by Crippen LogP contribution is 2.34. The zero-order chi connectivity index (χ0) is 22.9. The van der Waals surface area contributed by atoms with Crippen LogP contribution in [0.5, 0.6) is 0 Å². The molecule has 32 heavy (non-hydrogen) atoms. The van der Waals surface area contributed by atoms with E-state index in [1.54, 1.807) is 23.1 Å². The number of aryl methyl sites for hydroxylation is 1. The first-order valence-corrected chi connectivity index (χ1v) is 12.5. The Morgan fingerprint density at radius 1 is 1.19 bits per heavy atom. The molecular weight excluding hydrogens is 445 g/mol. The topological polar surface area (TPSA) is 67.7 Å². The van der Waals surface area contributed by atoms with Crippen LogP contribution >= 0.6 is 0 Å². The summed E-state index contributed by atoms with van der Waals surface area (Å²) in [6, 6.07) is 4.92. The average Bonchev–Trinajstić information content (AvgIpc) is 3.10. The van der Waals surface area contributed by atoms with Crippen molar-refractivity contribution < 1.29 is 26.3 Å². The highest BCUT2D eigenvalue weighted by molar-refractivity contribution is 7.89. The van der Waals surface area contributed by atoms with E-state index in [4.69, 9.17) is 4.74 Å². The molecular formula is C21H29F3N4O3S. The quantitative estimate of drug-likeness (QED) is 0.643. The van der Waals surface area contributed by atoms with Gasteiger partial charge in [-0.1, -0.05) is 6.92 Å². The molecule has 0 spiro atoms. The van der Waals surface area contributed by atoms with Crippen molar-refractivity contribution in [1.82, 2.24) is 18.8 Å². The maximum Gasteiger partial charge on any atom is 0.393 e. The number of fused-ring (bicyclic) bond motifs is 1. The number of rotatable bonds is 6. The Balaban J connectivity index is 1.62. The molecule has 2 saturated heterocycles. The smallest absolute Gasteiger partial charge is 0.379 e. The van der Waals surface area contributed by atoms with Gasteiger partial charge >= 0.3 is 6.18 Å². The van der Waals surface area contributed by atoms with Crippen molar-refractivity contribution in [2.24, 2.45) is 5.92 Å². The molecule has 4 rings (SSSR count). The summed E-state index contributed by atoms with van der Waals surface area (Å²) in [6.07, 6.45) is -2.70. The predicted molar refractivity (Wildman–Crippen MR) is 114 cm³/mol. The van der Waals surface area contributed by atoms with E-state index in [2.05, 4.69) is 4.98 Å². The van der Waals surface area contributed by atoms with Gasteiger partial charge < -0.3 is 9.30 Å². The molecule has 0 radical (unpaired) electrons. The van der Waals surface area contributed by atoms with Crippen LogP contribution in [0.1, 0.15) is 32.0 Å². The standard InChI is InChI=1S/C21H29F3N4O3S/c1-2-7-28-19-6-5-17(32(29,30)27-9-11-31-12-10-27)13-18(19)25-20(28)15-26-8-3-4-16(14-26)21(22,23)24/h5-6,13,16H,2-4,7-12,14-15H2,1H3. The van der Waals surface area contributed by atoms with Crippen molar-refractivity contribution in [3.63, 3.8) is 0 Å². The summed E-state index contributed by atoms with van der Waals surface area (Å²) in [7, 11) is -3.65.